The highest BCUT2D eigenvalue weighted by molar-refractivity contribution is 5.74. The van der Waals surface area contributed by atoms with E-state index in [1.807, 2.05) is 60.5 Å². The molecular formula is C44H65F2N3O11. The Labute approximate surface area is 352 Å². The van der Waals surface area contributed by atoms with Crippen LogP contribution in [0, 0.1) is 35.3 Å². The molecule has 3 N–H and O–H groups in total. The lowest BCUT2D eigenvalue weighted by Gasteiger charge is -2.49. The molecular weight excluding hydrogens is 784 g/mol. The first-order chi connectivity index (χ1) is 28.2. The number of aliphatic hydroxyl groups excluding tert-OH is 1. The number of carbonyl (C=O) groups excluding carboxylic acids is 3. The quantitative estimate of drug-likeness (QED) is 0.164. The summed E-state index contributed by atoms with van der Waals surface area (Å²) >= 11 is 0. The number of cyclic esters (lactones) is 1. The number of nitrogens with zero attached hydrogens (tertiary/aromatic N) is 1. The summed E-state index contributed by atoms with van der Waals surface area (Å²) < 4.78 is 71.7. The number of benzene rings is 1. The third-order valence-electron chi connectivity index (χ3n) is 12.8. The van der Waals surface area contributed by atoms with Gasteiger partial charge < -0.3 is 53.8 Å². The van der Waals surface area contributed by atoms with Gasteiger partial charge in [-0.1, -0.05) is 45.9 Å². The van der Waals surface area contributed by atoms with Gasteiger partial charge in [0.25, 0.3) is 0 Å². The first-order valence-electron chi connectivity index (χ1n) is 21.0. The van der Waals surface area contributed by atoms with Crippen molar-refractivity contribution in [3.63, 3.8) is 0 Å². The zero-order chi connectivity index (χ0) is 44.3. The van der Waals surface area contributed by atoms with E-state index in [4.69, 9.17) is 33.2 Å². The summed E-state index contributed by atoms with van der Waals surface area (Å²) in [5.74, 6) is -4.79. The first-order valence-corrected chi connectivity index (χ1v) is 21.0. The van der Waals surface area contributed by atoms with E-state index in [-0.39, 0.29) is 44.4 Å². The monoisotopic (exact) mass is 849 g/mol. The van der Waals surface area contributed by atoms with Crippen LogP contribution in [0.15, 0.2) is 42.0 Å². The van der Waals surface area contributed by atoms with Crippen LogP contribution in [0.1, 0.15) is 80.2 Å². The molecule has 3 unspecified atom stereocenters. The molecule has 336 valence electrons. The van der Waals surface area contributed by atoms with Gasteiger partial charge in [0.1, 0.15) is 18.8 Å². The highest BCUT2D eigenvalue weighted by atomic mass is 19.2. The van der Waals surface area contributed by atoms with E-state index in [1.54, 1.807) is 19.9 Å². The fraction of sp³-hybridized carbons (Fsp3) is 0.705. The van der Waals surface area contributed by atoms with Crippen LogP contribution < -0.4 is 10.6 Å². The summed E-state index contributed by atoms with van der Waals surface area (Å²) in [6.45, 7) is 19.2. The number of aliphatic hydroxyl groups is 1. The number of rotatable bonds is 8. The molecule has 14 atom stereocenters. The number of ether oxygens (including phenoxy) is 7. The lowest BCUT2D eigenvalue weighted by molar-refractivity contribution is -0.302. The van der Waals surface area contributed by atoms with E-state index < -0.39 is 95.5 Å². The molecule has 0 radical (unpaired) electrons. The Hall–Kier alpha value is -3.67. The minimum Gasteiger partial charge on any atom is -0.458 e. The van der Waals surface area contributed by atoms with Crippen LogP contribution in [0.2, 0.25) is 0 Å². The lowest BCUT2D eigenvalue weighted by atomic mass is 9.71. The number of esters is 1. The van der Waals surface area contributed by atoms with Gasteiger partial charge >= 0.3 is 18.2 Å². The van der Waals surface area contributed by atoms with Crippen molar-refractivity contribution in [2.24, 2.45) is 23.7 Å². The van der Waals surface area contributed by atoms with Crippen molar-refractivity contribution >= 4 is 18.2 Å². The molecule has 60 heavy (non-hydrogen) atoms. The minimum atomic E-state index is -1.31. The summed E-state index contributed by atoms with van der Waals surface area (Å²) in [5.41, 5.74) is -0.698. The SMILES string of the molecule is C=C1COC2[C@@H](C)C(=O)O[C@H](CC)[C@@]3(C)OC(=O)NC3[C@@H](C)/C(=C/COC(=O)NCc3ccc(F)c(F)c3)[C@H](C)C[C@@](C)(OC1)[C@H](OC1O[C@H](C)C[C@H](N(C)C)[C@H]1O)[C@H]2C. The highest BCUT2D eigenvalue weighted by Gasteiger charge is 2.57. The fourth-order valence-electron chi connectivity index (χ4n) is 9.61. The van der Waals surface area contributed by atoms with Gasteiger partial charge in [-0.05, 0) is 96.3 Å². The van der Waals surface area contributed by atoms with E-state index in [0.717, 1.165) is 17.7 Å². The molecule has 4 aliphatic heterocycles. The second kappa shape index (κ2) is 19.6. The molecule has 4 aliphatic rings. The normalized spacial score (nSPS) is 38.8. The molecule has 16 heteroatoms. The molecule has 0 spiro atoms. The van der Waals surface area contributed by atoms with Gasteiger partial charge in [0.15, 0.2) is 23.5 Å². The van der Waals surface area contributed by atoms with Gasteiger partial charge in [0.05, 0.1) is 49.1 Å². The first kappa shape index (κ1) is 47.4. The van der Waals surface area contributed by atoms with Gasteiger partial charge in [-0.3, -0.25) is 4.79 Å². The Morgan fingerprint density at radius 1 is 1.10 bits per heavy atom. The molecule has 4 heterocycles. The van der Waals surface area contributed by atoms with Crippen LogP contribution in [0.4, 0.5) is 18.4 Å². The Balaban J connectivity index is 1.57. The molecule has 0 aliphatic carbocycles. The van der Waals surface area contributed by atoms with E-state index in [0.29, 0.717) is 30.4 Å². The van der Waals surface area contributed by atoms with Crippen molar-refractivity contribution in [2.45, 2.75) is 141 Å². The number of hydrogen-bond donors (Lipinski definition) is 3. The molecule has 0 saturated carbocycles. The maximum Gasteiger partial charge on any atom is 0.408 e. The van der Waals surface area contributed by atoms with Crippen LogP contribution in [0.25, 0.3) is 0 Å². The van der Waals surface area contributed by atoms with E-state index in [1.165, 1.54) is 6.07 Å². The van der Waals surface area contributed by atoms with Gasteiger partial charge in [-0.25, -0.2) is 18.4 Å². The van der Waals surface area contributed by atoms with Gasteiger partial charge in [0, 0.05) is 24.4 Å². The van der Waals surface area contributed by atoms with Crippen molar-refractivity contribution in [1.29, 1.82) is 0 Å². The average Bonchev–Trinajstić information content (AvgIpc) is 3.52. The molecule has 5 rings (SSSR count). The Morgan fingerprint density at radius 2 is 1.82 bits per heavy atom. The fourth-order valence-corrected chi connectivity index (χ4v) is 9.61. The molecule has 1 aromatic carbocycles. The zero-order valence-corrected chi connectivity index (χ0v) is 36.6. The Kier molecular flexibility index (Phi) is 15.5. The second-order valence-electron chi connectivity index (χ2n) is 17.7. The minimum absolute atomic E-state index is 0.0995. The zero-order valence-electron chi connectivity index (χ0n) is 36.6. The average molecular weight is 850 g/mol. The van der Waals surface area contributed by atoms with Crippen molar-refractivity contribution in [1.82, 2.24) is 15.5 Å². The molecule has 0 aromatic heterocycles. The third-order valence-corrected chi connectivity index (χ3v) is 12.8. The predicted octanol–water partition coefficient (Wildman–Crippen LogP) is 5.80. The number of fused-ring (bicyclic) bond motifs is 4. The number of hydrogen-bond acceptors (Lipinski definition) is 12. The van der Waals surface area contributed by atoms with E-state index in [2.05, 4.69) is 17.2 Å². The van der Waals surface area contributed by atoms with Crippen molar-refractivity contribution in [3.05, 3.63) is 59.2 Å². The van der Waals surface area contributed by atoms with Gasteiger partial charge in [-0.15, -0.1) is 0 Å². The van der Waals surface area contributed by atoms with Crippen LogP contribution in [-0.4, -0.2) is 122 Å². The van der Waals surface area contributed by atoms with Crippen LogP contribution in [-0.2, 0) is 44.5 Å². The molecule has 2 amide bonds. The number of likely N-dealkylation sites (N-methyl/N-ethyl adjacent to an activating group) is 1. The van der Waals surface area contributed by atoms with E-state index in [9.17, 15) is 28.3 Å². The van der Waals surface area contributed by atoms with Crippen molar-refractivity contribution in [3.8, 4) is 0 Å². The molecule has 4 fully saturated rings. The summed E-state index contributed by atoms with van der Waals surface area (Å²) in [7, 11) is 3.80. The van der Waals surface area contributed by atoms with Gasteiger partial charge in [-0.2, -0.15) is 0 Å². The van der Waals surface area contributed by atoms with Crippen molar-refractivity contribution in [2.75, 3.05) is 33.9 Å². The Bertz CT molecular complexity index is 1750. The molecule has 1 aromatic rings. The number of halogens is 2. The topological polar surface area (TPSA) is 163 Å². The summed E-state index contributed by atoms with van der Waals surface area (Å²) in [4.78, 5) is 42.3. The second-order valence-corrected chi connectivity index (χ2v) is 17.7. The van der Waals surface area contributed by atoms with E-state index >= 15 is 0 Å². The largest absolute Gasteiger partial charge is 0.458 e. The molecule has 2 bridgehead atoms. The van der Waals surface area contributed by atoms with Crippen LogP contribution >= 0.6 is 0 Å². The lowest BCUT2D eigenvalue weighted by Crippen LogP contribution is -2.60. The molecule has 4 saturated heterocycles. The Morgan fingerprint density at radius 3 is 2.48 bits per heavy atom. The third kappa shape index (κ3) is 10.5. The molecule has 14 nitrogen and oxygen atoms in total. The number of amides is 2. The van der Waals surface area contributed by atoms with Gasteiger partial charge in [0.2, 0.25) is 0 Å². The smallest absolute Gasteiger partial charge is 0.408 e. The maximum absolute atomic E-state index is 14.3. The summed E-state index contributed by atoms with van der Waals surface area (Å²) in [5, 5.41) is 17.2. The standard InChI is InChI=1S/C44H65F2N3O11/c1-12-34-44(9)37(48-42(53)60-44)26(5)30(15-16-54-41(52)47-20-29-13-14-31(45)32(46)18-29)24(3)19-43(8)38(59-40-35(50)33(49(10)11)17-25(4)57-40)27(6)36(28(7)39(51)58-34)55-21-23(2)22-56-43/h13-15,18,24-28,33-38,40,50H,2,12,16-17,19-22H2,1,3-11H3,(H,47,52)(H,48,53)/b30-15+/t24-,25-,26+,27+,28-,33+,34-,35-,36?,37?,38-,40?,43-,44-/m1/s1. The maximum atomic E-state index is 14.3. The summed E-state index contributed by atoms with van der Waals surface area (Å²) in [6, 6.07) is 2.38. The number of carbonyl (C=O) groups is 3. The predicted molar refractivity (Wildman–Crippen MR) is 216 cm³/mol. The number of alkyl carbamates (subject to hydrolysis) is 2. The van der Waals surface area contributed by atoms with Crippen LogP contribution in [0.3, 0.4) is 0 Å². The van der Waals surface area contributed by atoms with Crippen molar-refractivity contribution < 1.29 is 61.4 Å². The number of nitrogens with one attached hydrogen (secondary N) is 2. The summed E-state index contributed by atoms with van der Waals surface area (Å²) in [6.07, 6.45) is -3.26. The highest BCUT2D eigenvalue weighted by Crippen LogP contribution is 2.44. The van der Waals surface area contributed by atoms with Crippen LogP contribution in [0.5, 0.6) is 0 Å².